The Morgan fingerprint density at radius 1 is 1.21 bits per heavy atom. The number of halogens is 1. The maximum atomic E-state index is 12.7. The molecule has 1 aliphatic heterocycles. The third-order valence-corrected chi connectivity index (χ3v) is 4.87. The molecule has 0 saturated carbocycles. The van der Waals surface area contributed by atoms with E-state index in [1.807, 2.05) is 30.9 Å². The fourth-order valence-electron chi connectivity index (χ4n) is 3.09. The normalized spacial score (nSPS) is 16.2. The Balaban J connectivity index is 1.65. The van der Waals surface area contributed by atoms with Crippen LogP contribution in [0.25, 0.3) is 0 Å². The summed E-state index contributed by atoms with van der Waals surface area (Å²) in [5.74, 6) is 0.889. The number of hydrogen-bond acceptors (Lipinski definition) is 4. The lowest BCUT2D eigenvalue weighted by atomic mass is 10.2. The number of carbonyl (C=O) groups is 1. The highest BCUT2D eigenvalue weighted by Gasteiger charge is 2.23. The molecule has 1 amide bonds. The number of amides is 1. The molecular formula is C18H22ClN3O2. The first-order valence-electron chi connectivity index (χ1n) is 8.24. The molecule has 0 N–H and O–H groups in total. The standard InChI is InChI=1S/C18H22ClN3O2/c1-13-16(14(2)24-20-13)12-21-8-5-9-22(11-10-21)18(23)15-6-3-4-7-17(15)19/h3-4,6-7H,5,8-12H2,1-2H3. The van der Waals surface area contributed by atoms with E-state index in [9.17, 15) is 4.79 Å². The van der Waals surface area contributed by atoms with E-state index in [1.165, 1.54) is 0 Å². The molecule has 6 heteroatoms. The molecule has 128 valence electrons. The Labute approximate surface area is 147 Å². The van der Waals surface area contributed by atoms with Crippen molar-refractivity contribution in [2.75, 3.05) is 26.2 Å². The molecule has 3 rings (SSSR count). The third-order valence-electron chi connectivity index (χ3n) is 4.54. The van der Waals surface area contributed by atoms with Crippen molar-refractivity contribution in [2.24, 2.45) is 0 Å². The molecule has 0 unspecified atom stereocenters. The number of rotatable bonds is 3. The maximum absolute atomic E-state index is 12.7. The second-order valence-electron chi connectivity index (χ2n) is 6.20. The van der Waals surface area contributed by atoms with E-state index in [-0.39, 0.29) is 5.91 Å². The van der Waals surface area contributed by atoms with Crippen LogP contribution in [-0.2, 0) is 6.54 Å². The van der Waals surface area contributed by atoms with Gasteiger partial charge in [-0.1, -0.05) is 28.9 Å². The monoisotopic (exact) mass is 347 g/mol. The van der Waals surface area contributed by atoms with Crippen molar-refractivity contribution in [3.8, 4) is 0 Å². The number of carbonyl (C=O) groups excluding carboxylic acids is 1. The van der Waals surface area contributed by atoms with Gasteiger partial charge in [0.05, 0.1) is 16.3 Å². The van der Waals surface area contributed by atoms with Crippen LogP contribution in [0.5, 0.6) is 0 Å². The molecule has 1 aromatic carbocycles. The molecule has 0 aliphatic carbocycles. The van der Waals surface area contributed by atoms with Crippen LogP contribution in [0.4, 0.5) is 0 Å². The summed E-state index contributed by atoms with van der Waals surface area (Å²) in [6, 6.07) is 7.24. The molecule has 1 aliphatic rings. The van der Waals surface area contributed by atoms with E-state index in [2.05, 4.69) is 10.1 Å². The molecule has 1 fully saturated rings. The average molecular weight is 348 g/mol. The largest absolute Gasteiger partial charge is 0.361 e. The van der Waals surface area contributed by atoms with Gasteiger partial charge in [-0.2, -0.15) is 0 Å². The first-order chi connectivity index (χ1) is 11.6. The zero-order valence-corrected chi connectivity index (χ0v) is 14.8. The van der Waals surface area contributed by atoms with Crippen molar-refractivity contribution >= 4 is 17.5 Å². The topological polar surface area (TPSA) is 49.6 Å². The summed E-state index contributed by atoms with van der Waals surface area (Å²) in [5, 5.41) is 4.53. The Kier molecular flexibility index (Phi) is 5.21. The first-order valence-corrected chi connectivity index (χ1v) is 8.62. The summed E-state index contributed by atoms with van der Waals surface area (Å²) in [6.07, 6.45) is 0.944. The molecule has 2 heterocycles. The zero-order chi connectivity index (χ0) is 17.1. The van der Waals surface area contributed by atoms with Gasteiger partial charge in [0.2, 0.25) is 0 Å². The third kappa shape index (κ3) is 3.62. The van der Waals surface area contributed by atoms with Gasteiger partial charge < -0.3 is 9.42 Å². The highest BCUT2D eigenvalue weighted by atomic mass is 35.5. The fraction of sp³-hybridized carbons (Fsp3) is 0.444. The highest BCUT2D eigenvalue weighted by Crippen LogP contribution is 2.20. The Hall–Kier alpha value is -1.85. The second-order valence-corrected chi connectivity index (χ2v) is 6.61. The van der Waals surface area contributed by atoms with E-state index in [1.54, 1.807) is 12.1 Å². The highest BCUT2D eigenvalue weighted by molar-refractivity contribution is 6.33. The van der Waals surface area contributed by atoms with E-state index >= 15 is 0 Å². The van der Waals surface area contributed by atoms with Crippen LogP contribution in [0.15, 0.2) is 28.8 Å². The smallest absolute Gasteiger partial charge is 0.255 e. The van der Waals surface area contributed by atoms with Crippen LogP contribution in [0.1, 0.15) is 33.8 Å². The number of aryl methyl sites for hydroxylation is 2. The van der Waals surface area contributed by atoms with Crippen molar-refractivity contribution < 1.29 is 9.32 Å². The summed E-state index contributed by atoms with van der Waals surface area (Å²) in [6.45, 7) is 7.97. The Morgan fingerprint density at radius 2 is 2.00 bits per heavy atom. The minimum Gasteiger partial charge on any atom is -0.361 e. The molecule has 0 radical (unpaired) electrons. The Bertz CT molecular complexity index is 709. The minimum atomic E-state index is 0.0137. The van der Waals surface area contributed by atoms with Crippen LogP contribution >= 0.6 is 11.6 Å². The van der Waals surface area contributed by atoms with Crippen LogP contribution < -0.4 is 0 Å². The molecule has 0 spiro atoms. The zero-order valence-electron chi connectivity index (χ0n) is 14.1. The summed E-state index contributed by atoms with van der Waals surface area (Å²) < 4.78 is 5.24. The maximum Gasteiger partial charge on any atom is 0.255 e. The van der Waals surface area contributed by atoms with Gasteiger partial charge in [-0.3, -0.25) is 9.69 Å². The van der Waals surface area contributed by atoms with Crippen molar-refractivity contribution in [2.45, 2.75) is 26.8 Å². The van der Waals surface area contributed by atoms with Crippen molar-refractivity contribution in [3.05, 3.63) is 51.9 Å². The van der Waals surface area contributed by atoms with Gasteiger partial charge in [0.15, 0.2) is 0 Å². The van der Waals surface area contributed by atoms with Crippen LogP contribution in [-0.4, -0.2) is 47.0 Å². The van der Waals surface area contributed by atoms with Crippen LogP contribution in [0, 0.1) is 13.8 Å². The first kappa shape index (κ1) is 17.0. The van der Waals surface area contributed by atoms with E-state index in [0.29, 0.717) is 17.1 Å². The predicted molar refractivity (Wildman–Crippen MR) is 93.2 cm³/mol. The van der Waals surface area contributed by atoms with E-state index in [0.717, 1.165) is 49.6 Å². The molecular weight excluding hydrogens is 326 g/mol. The van der Waals surface area contributed by atoms with Gasteiger partial charge in [0.1, 0.15) is 5.76 Å². The summed E-state index contributed by atoms with van der Waals surface area (Å²) in [4.78, 5) is 17.0. The number of hydrogen-bond donors (Lipinski definition) is 0. The number of aromatic nitrogens is 1. The van der Waals surface area contributed by atoms with Crippen LogP contribution in [0.2, 0.25) is 5.02 Å². The molecule has 0 bridgehead atoms. The summed E-state index contributed by atoms with van der Waals surface area (Å²) in [5.41, 5.74) is 2.68. The van der Waals surface area contributed by atoms with Crippen molar-refractivity contribution in [1.82, 2.24) is 15.0 Å². The van der Waals surface area contributed by atoms with Gasteiger partial charge in [0.25, 0.3) is 5.91 Å². The van der Waals surface area contributed by atoms with E-state index in [4.69, 9.17) is 16.1 Å². The van der Waals surface area contributed by atoms with Crippen LogP contribution in [0.3, 0.4) is 0 Å². The molecule has 5 nitrogen and oxygen atoms in total. The quantitative estimate of drug-likeness (QED) is 0.854. The summed E-state index contributed by atoms with van der Waals surface area (Å²) >= 11 is 6.16. The minimum absolute atomic E-state index is 0.0137. The lowest BCUT2D eigenvalue weighted by Crippen LogP contribution is -2.35. The Morgan fingerprint density at radius 3 is 2.71 bits per heavy atom. The predicted octanol–water partition coefficient (Wildman–Crippen LogP) is 3.29. The lowest BCUT2D eigenvalue weighted by Gasteiger charge is -2.22. The van der Waals surface area contributed by atoms with Crippen molar-refractivity contribution in [1.29, 1.82) is 0 Å². The molecule has 1 saturated heterocycles. The second kappa shape index (κ2) is 7.36. The number of benzene rings is 1. The van der Waals surface area contributed by atoms with Gasteiger partial charge in [0, 0.05) is 38.3 Å². The summed E-state index contributed by atoms with van der Waals surface area (Å²) in [7, 11) is 0. The van der Waals surface area contributed by atoms with Gasteiger partial charge in [-0.25, -0.2) is 0 Å². The SMILES string of the molecule is Cc1noc(C)c1CN1CCCN(C(=O)c2ccccc2Cl)CC1. The van der Waals surface area contributed by atoms with Crippen molar-refractivity contribution in [3.63, 3.8) is 0 Å². The van der Waals surface area contributed by atoms with Gasteiger partial charge in [-0.05, 0) is 32.4 Å². The average Bonchev–Trinajstić information content (AvgIpc) is 2.78. The molecule has 2 aromatic rings. The van der Waals surface area contributed by atoms with Gasteiger partial charge in [-0.15, -0.1) is 0 Å². The molecule has 1 aromatic heterocycles. The molecule has 0 atom stereocenters. The van der Waals surface area contributed by atoms with E-state index < -0.39 is 0 Å². The van der Waals surface area contributed by atoms with Gasteiger partial charge >= 0.3 is 0 Å². The lowest BCUT2D eigenvalue weighted by molar-refractivity contribution is 0.0761. The molecule has 24 heavy (non-hydrogen) atoms. The fourth-order valence-corrected chi connectivity index (χ4v) is 3.30. The number of nitrogens with zero attached hydrogens (tertiary/aromatic N) is 3.